The number of thiazole rings is 1. The zero-order valence-corrected chi connectivity index (χ0v) is 12.9. The summed E-state index contributed by atoms with van der Waals surface area (Å²) in [5.41, 5.74) is 5.18. The van der Waals surface area contributed by atoms with Gasteiger partial charge in [0.25, 0.3) is 0 Å². The number of thiophene rings is 1. The lowest BCUT2D eigenvalue weighted by Gasteiger charge is -2.03. The lowest BCUT2D eigenvalue weighted by atomic mass is 10.00. The average Bonchev–Trinajstić information content (AvgIpc) is 3.20. The van der Waals surface area contributed by atoms with Gasteiger partial charge in [-0.05, 0) is 36.1 Å². The molecule has 0 spiro atoms. The minimum Gasteiger partial charge on any atom is -0.325 e. The first-order chi connectivity index (χ1) is 10.2. The summed E-state index contributed by atoms with van der Waals surface area (Å²) in [5, 5.41) is 10.2. The fourth-order valence-corrected chi connectivity index (χ4v) is 4.04. The van der Waals surface area contributed by atoms with E-state index in [4.69, 9.17) is 4.98 Å². The van der Waals surface area contributed by atoms with Gasteiger partial charge in [-0.15, -0.1) is 11.3 Å². The molecule has 0 aliphatic carbocycles. The second kappa shape index (κ2) is 4.79. The van der Waals surface area contributed by atoms with Gasteiger partial charge in [0.1, 0.15) is 5.01 Å². The molecule has 0 saturated carbocycles. The van der Waals surface area contributed by atoms with Crippen LogP contribution in [0.1, 0.15) is 18.4 Å². The highest BCUT2D eigenvalue weighted by molar-refractivity contribution is 7.14. The van der Waals surface area contributed by atoms with Gasteiger partial charge in [0.15, 0.2) is 0 Å². The van der Waals surface area contributed by atoms with Crippen LogP contribution < -0.4 is 5.32 Å². The summed E-state index contributed by atoms with van der Waals surface area (Å²) in [7, 11) is 0. The molecule has 1 amide bonds. The van der Waals surface area contributed by atoms with Crippen molar-refractivity contribution in [3.8, 4) is 21.8 Å². The number of nitrogens with one attached hydrogen (secondary N) is 1. The summed E-state index contributed by atoms with van der Waals surface area (Å²) in [6.45, 7) is 1.93. The molecule has 3 aromatic rings. The third kappa shape index (κ3) is 2.09. The molecular formula is C16H12N2OS2. The predicted octanol–water partition coefficient (Wildman–Crippen LogP) is 4.59. The van der Waals surface area contributed by atoms with Crippen LogP contribution in [0.25, 0.3) is 21.8 Å². The van der Waals surface area contributed by atoms with Crippen LogP contribution in [0.4, 0.5) is 5.69 Å². The molecular weight excluding hydrogens is 300 g/mol. The standard InChI is InChI=1S/C16H12N2OS2/c1-9-12-6-10(2-3-13(12)17-15(9)19)14-8-21-16(18-14)11-4-5-20-7-11/h2-9H,1H3,(H,17,19)/t9-/m1/s1. The Bertz CT molecular complexity index is 821. The highest BCUT2D eigenvalue weighted by Crippen LogP contribution is 2.36. The fraction of sp³-hybridized carbons (Fsp3) is 0.125. The molecule has 21 heavy (non-hydrogen) atoms. The van der Waals surface area contributed by atoms with Crippen molar-refractivity contribution in [3.05, 3.63) is 46.0 Å². The normalized spacial score (nSPS) is 16.8. The fourth-order valence-electron chi connectivity index (χ4n) is 2.50. The van der Waals surface area contributed by atoms with Gasteiger partial charge in [0.05, 0.1) is 11.6 Å². The lowest BCUT2D eigenvalue weighted by molar-refractivity contribution is -0.116. The SMILES string of the molecule is C[C@H]1C(=O)Nc2ccc(-c3csc(-c4ccsc4)n3)cc21. The van der Waals surface area contributed by atoms with Gasteiger partial charge in [-0.1, -0.05) is 6.07 Å². The van der Waals surface area contributed by atoms with Crippen LogP contribution in [0.5, 0.6) is 0 Å². The number of fused-ring (bicyclic) bond motifs is 1. The first-order valence-electron chi connectivity index (χ1n) is 6.65. The summed E-state index contributed by atoms with van der Waals surface area (Å²) in [4.78, 5) is 16.4. The highest BCUT2D eigenvalue weighted by Gasteiger charge is 2.26. The second-order valence-electron chi connectivity index (χ2n) is 5.06. The molecule has 1 aliphatic heterocycles. The summed E-state index contributed by atoms with van der Waals surface area (Å²) >= 11 is 3.33. The summed E-state index contributed by atoms with van der Waals surface area (Å²) in [6, 6.07) is 8.14. The van der Waals surface area contributed by atoms with Crippen LogP contribution in [0.15, 0.2) is 40.4 Å². The van der Waals surface area contributed by atoms with Crippen molar-refractivity contribution in [1.29, 1.82) is 0 Å². The Kier molecular flexibility index (Phi) is 2.90. The zero-order chi connectivity index (χ0) is 14.4. The van der Waals surface area contributed by atoms with Crippen molar-refractivity contribution >= 4 is 34.3 Å². The number of carbonyl (C=O) groups is 1. The Labute approximate surface area is 130 Å². The highest BCUT2D eigenvalue weighted by atomic mass is 32.1. The van der Waals surface area contributed by atoms with Crippen LogP contribution in [-0.4, -0.2) is 10.9 Å². The smallest absolute Gasteiger partial charge is 0.231 e. The van der Waals surface area contributed by atoms with Crippen molar-refractivity contribution in [1.82, 2.24) is 4.98 Å². The van der Waals surface area contributed by atoms with Gasteiger partial charge in [-0.25, -0.2) is 4.98 Å². The zero-order valence-electron chi connectivity index (χ0n) is 11.3. The number of rotatable bonds is 2. The molecule has 4 rings (SSSR count). The van der Waals surface area contributed by atoms with E-state index >= 15 is 0 Å². The van der Waals surface area contributed by atoms with Gasteiger partial charge in [-0.2, -0.15) is 11.3 Å². The number of amides is 1. The number of benzene rings is 1. The molecule has 3 nitrogen and oxygen atoms in total. The number of aromatic nitrogens is 1. The van der Waals surface area contributed by atoms with E-state index in [9.17, 15) is 4.79 Å². The van der Waals surface area contributed by atoms with Crippen LogP contribution in [0.3, 0.4) is 0 Å². The van der Waals surface area contributed by atoms with E-state index in [-0.39, 0.29) is 11.8 Å². The van der Waals surface area contributed by atoms with Crippen LogP contribution in [-0.2, 0) is 4.79 Å². The number of nitrogens with zero attached hydrogens (tertiary/aromatic N) is 1. The van der Waals surface area contributed by atoms with E-state index in [1.807, 2.05) is 19.1 Å². The van der Waals surface area contributed by atoms with E-state index < -0.39 is 0 Å². The minimum absolute atomic E-state index is 0.0689. The number of hydrogen-bond donors (Lipinski definition) is 1. The van der Waals surface area contributed by atoms with E-state index in [0.29, 0.717) is 0 Å². The molecule has 3 heterocycles. The van der Waals surface area contributed by atoms with Crippen molar-refractivity contribution in [2.75, 3.05) is 5.32 Å². The molecule has 1 aliphatic rings. The van der Waals surface area contributed by atoms with Crippen molar-refractivity contribution in [3.63, 3.8) is 0 Å². The number of carbonyl (C=O) groups excluding carboxylic acids is 1. The molecule has 0 radical (unpaired) electrons. The largest absolute Gasteiger partial charge is 0.325 e. The minimum atomic E-state index is -0.0880. The quantitative estimate of drug-likeness (QED) is 0.751. The molecule has 1 atom stereocenters. The topological polar surface area (TPSA) is 42.0 Å². The molecule has 0 bridgehead atoms. The monoisotopic (exact) mass is 312 g/mol. The molecule has 1 N–H and O–H groups in total. The first-order valence-corrected chi connectivity index (χ1v) is 8.48. The van der Waals surface area contributed by atoms with Crippen LogP contribution in [0.2, 0.25) is 0 Å². The van der Waals surface area contributed by atoms with E-state index in [1.165, 1.54) is 5.56 Å². The maximum absolute atomic E-state index is 11.7. The molecule has 2 aromatic heterocycles. The van der Waals surface area contributed by atoms with Crippen molar-refractivity contribution in [2.24, 2.45) is 0 Å². The summed E-state index contributed by atoms with van der Waals surface area (Å²) in [6.07, 6.45) is 0. The lowest BCUT2D eigenvalue weighted by Crippen LogP contribution is -2.08. The Morgan fingerprint density at radius 1 is 1.19 bits per heavy atom. The average molecular weight is 312 g/mol. The van der Waals surface area contributed by atoms with Gasteiger partial charge >= 0.3 is 0 Å². The van der Waals surface area contributed by atoms with Crippen molar-refractivity contribution in [2.45, 2.75) is 12.8 Å². The molecule has 5 heteroatoms. The first kappa shape index (κ1) is 12.7. The second-order valence-corrected chi connectivity index (χ2v) is 6.70. The predicted molar refractivity (Wildman–Crippen MR) is 87.9 cm³/mol. The van der Waals surface area contributed by atoms with E-state index in [2.05, 4.69) is 33.6 Å². The molecule has 0 saturated heterocycles. The Morgan fingerprint density at radius 3 is 2.90 bits per heavy atom. The van der Waals surface area contributed by atoms with Gasteiger partial charge < -0.3 is 5.32 Å². The summed E-state index contributed by atoms with van der Waals surface area (Å²) in [5.74, 6) is -0.0191. The maximum Gasteiger partial charge on any atom is 0.231 e. The molecule has 0 fully saturated rings. The summed E-state index contributed by atoms with van der Waals surface area (Å²) < 4.78 is 0. The molecule has 104 valence electrons. The van der Waals surface area contributed by atoms with E-state index in [1.54, 1.807) is 22.7 Å². The van der Waals surface area contributed by atoms with Crippen molar-refractivity contribution < 1.29 is 4.79 Å². The molecule has 1 aromatic carbocycles. The third-order valence-corrected chi connectivity index (χ3v) is 5.31. The van der Waals surface area contributed by atoms with Gasteiger partial charge in [0, 0.05) is 27.6 Å². The van der Waals surface area contributed by atoms with Crippen LogP contribution in [0, 0.1) is 0 Å². The van der Waals surface area contributed by atoms with E-state index in [0.717, 1.165) is 27.5 Å². The van der Waals surface area contributed by atoms with Gasteiger partial charge in [0.2, 0.25) is 5.91 Å². The number of anilines is 1. The molecule has 0 unspecified atom stereocenters. The Morgan fingerprint density at radius 2 is 2.10 bits per heavy atom. The Balaban J connectivity index is 1.74. The van der Waals surface area contributed by atoms with Crippen LogP contribution >= 0.6 is 22.7 Å². The third-order valence-electron chi connectivity index (χ3n) is 3.74. The maximum atomic E-state index is 11.7. The van der Waals surface area contributed by atoms with Gasteiger partial charge in [-0.3, -0.25) is 4.79 Å². The number of hydrogen-bond acceptors (Lipinski definition) is 4. The Hall–Kier alpha value is -1.98.